The fourth-order valence-electron chi connectivity index (χ4n) is 2.24. The Hall–Kier alpha value is -1.29. The molecule has 0 radical (unpaired) electrons. The number of carbonyl (C=O) groups excluding carboxylic acids is 1. The van der Waals surface area contributed by atoms with Crippen molar-refractivity contribution in [3.05, 3.63) is 23.9 Å². The van der Waals surface area contributed by atoms with Gasteiger partial charge in [0.25, 0.3) is 5.91 Å². The van der Waals surface area contributed by atoms with Gasteiger partial charge >= 0.3 is 0 Å². The van der Waals surface area contributed by atoms with E-state index in [1.807, 2.05) is 4.90 Å². The molecule has 2 N–H and O–H groups in total. The minimum absolute atomic E-state index is 0. The van der Waals surface area contributed by atoms with Crippen molar-refractivity contribution < 1.29 is 4.79 Å². The van der Waals surface area contributed by atoms with Gasteiger partial charge in [-0.25, -0.2) is 4.98 Å². The third-order valence-electron chi connectivity index (χ3n) is 3.20. The maximum Gasteiger partial charge on any atom is 0.272 e. The van der Waals surface area contributed by atoms with Crippen LogP contribution in [0.25, 0.3) is 0 Å². The zero-order chi connectivity index (χ0) is 14.4. The second-order valence-corrected chi connectivity index (χ2v) is 5.27. The van der Waals surface area contributed by atoms with Crippen LogP contribution in [0.3, 0.4) is 0 Å². The van der Waals surface area contributed by atoms with Gasteiger partial charge in [0.05, 0.1) is 0 Å². The Balaban J connectivity index is 0.00000361. The SMILES string of the molecule is CCC(CC)N(CC(C)C)C(=O)c1cccc(N)n1.Cl. The molecular formula is C15H26ClN3O. The van der Waals surface area contributed by atoms with E-state index >= 15 is 0 Å². The molecule has 0 saturated carbocycles. The summed E-state index contributed by atoms with van der Waals surface area (Å²) in [6.45, 7) is 9.22. The molecule has 0 saturated heterocycles. The van der Waals surface area contributed by atoms with Gasteiger partial charge in [-0.2, -0.15) is 0 Å². The molecule has 0 unspecified atom stereocenters. The number of hydrogen-bond donors (Lipinski definition) is 1. The Morgan fingerprint density at radius 1 is 1.30 bits per heavy atom. The number of aromatic nitrogens is 1. The molecule has 5 heteroatoms. The second-order valence-electron chi connectivity index (χ2n) is 5.27. The van der Waals surface area contributed by atoms with Gasteiger partial charge in [-0.15, -0.1) is 12.4 Å². The molecule has 0 bridgehead atoms. The van der Waals surface area contributed by atoms with E-state index in [9.17, 15) is 4.79 Å². The van der Waals surface area contributed by atoms with E-state index in [2.05, 4.69) is 32.7 Å². The van der Waals surface area contributed by atoms with Crippen LogP contribution in [-0.4, -0.2) is 28.4 Å². The minimum atomic E-state index is -0.0188. The first-order valence-electron chi connectivity index (χ1n) is 7.03. The molecule has 1 amide bonds. The number of amides is 1. The topological polar surface area (TPSA) is 59.2 Å². The Labute approximate surface area is 128 Å². The molecule has 0 spiro atoms. The lowest BCUT2D eigenvalue weighted by Gasteiger charge is -2.31. The monoisotopic (exact) mass is 299 g/mol. The van der Waals surface area contributed by atoms with E-state index in [1.165, 1.54) is 0 Å². The van der Waals surface area contributed by atoms with Gasteiger partial charge < -0.3 is 10.6 Å². The summed E-state index contributed by atoms with van der Waals surface area (Å²) < 4.78 is 0. The predicted octanol–water partition coefficient (Wildman–Crippen LogP) is 3.37. The van der Waals surface area contributed by atoms with E-state index in [0.717, 1.165) is 19.4 Å². The number of nitrogens with zero attached hydrogens (tertiary/aromatic N) is 2. The maximum atomic E-state index is 12.6. The second kappa shape index (κ2) is 8.80. The molecule has 1 aromatic heterocycles. The lowest BCUT2D eigenvalue weighted by molar-refractivity contribution is 0.0634. The lowest BCUT2D eigenvalue weighted by atomic mass is 10.1. The number of rotatable bonds is 6. The molecule has 1 aromatic rings. The van der Waals surface area contributed by atoms with Gasteiger partial charge in [-0.05, 0) is 30.9 Å². The Bertz CT molecular complexity index is 419. The van der Waals surface area contributed by atoms with Crippen LogP contribution in [0.5, 0.6) is 0 Å². The average molecular weight is 300 g/mol. The van der Waals surface area contributed by atoms with Crippen LogP contribution in [0.1, 0.15) is 51.0 Å². The van der Waals surface area contributed by atoms with Crippen LogP contribution in [0.2, 0.25) is 0 Å². The van der Waals surface area contributed by atoms with Crippen LogP contribution in [0, 0.1) is 5.92 Å². The van der Waals surface area contributed by atoms with E-state index in [1.54, 1.807) is 18.2 Å². The first-order valence-corrected chi connectivity index (χ1v) is 7.03. The summed E-state index contributed by atoms with van der Waals surface area (Å²) >= 11 is 0. The van der Waals surface area contributed by atoms with Gasteiger partial charge in [0, 0.05) is 12.6 Å². The Morgan fingerprint density at radius 2 is 1.90 bits per heavy atom. The standard InChI is InChI=1S/C15H25N3O.ClH/c1-5-12(6-2)18(10-11(3)4)15(19)13-8-7-9-14(16)17-13;/h7-9,11-12H,5-6,10H2,1-4H3,(H2,16,17);1H. The minimum Gasteiger partial charge on any atom is -0.384 e. The van der Waals surface area contributed by atoms with Crippen LogP contribution in [0.4, 0.5) is 5.82 Å². The van der Waals surface area contributed by atoms with E-state index in [4.69, 9.17) is 5.73 Å². The van der Waals surface area contributed by atoms with Crippen LogP contribution in [0.15, 0.2) is 18.2 Å². The fourth-order valence-corrected chi connectivity index (χ4v) is 2.24. The molecule has 1 heterocycles. The van der Waals surface area contributed by atoms with Crippen molar-refractivity contribution in [3.8, 4) is 0 Å². The molecule has 0 atom stereocenters. The Kier molecular flexibility index (Phi) is 8.23. The van der Waals surface area contributed by atoms with Gasteiger partial charge in [-0.3, -0.25) is 4.79 Å². The van der Waals surface area contributed by atoms with Crippen LogP contribution < -0.4 is 5.73 Å². The average Bonchev–Trinajstić information content (AvgIpc) is 2.37. The van der Waals surface area contributed by atoms with E-state index < -0.39 is 0 Å². The first-order chi connectivity index (χ1) is 8.99. The Morgan fingerprint density at radius 3 is 2.35 bits per heavy atom. The highest BCUT2D eigenvalue weighted by molar-refractivity contribution is 5.92. The molecule has 1 rings (SSSR count). The number of hydrogen-bond acceptors (Lipinski definition) is 3. The predicted molar refractivity (Wildman–Crippen MR) is 86.1 cm³/mol. The van der Waals surface area contributed by atoms with E-state index in [-0.39, 0.29) is 24.4 Å². The maximum absolute atomic E-state index is 12.6. The molecule has 0 fully saturated rings. The van der Waals surface area contributed by atoms with Crippen molar-refractivity contribution in [2.75, 3.05) is 12.3 Å². The summed E-state index contributed by atoms with van der Waals surface area (Å²) in [5.74, 6) is 0.806. The van der Waals surface area contributed by atoms with Crippen molar-refractivity contribution >= 4 is 24.1 Å². The fraction of sp³-hybridized carbons (Fsp3) is 0.600. The molecule has 0 aliphatic carbocycles. The zero-order valence-corrected chi connectivity index (χ0v) is 13.6. The molecule has 0 aromatic carbocycles. The summed E-state index contributed by atoms with van der Waals surface area (Å²) in [6.07, 6.45) is 1.91. The number of nitrogen functional groups attached to an aromatic ring is 1. The molecule has 4 nitrogen and oxygen atoms in total. The zero-order valence-electron chi connectivity index (χ0n) is 12.8. The van der Waals surface area contributed by atoms with Crippen molar-refractivity contribution in [3.63, 3.8) is 0 Å². The molecule has 114 valence electrons. The van der Waals surface area contributed by atoms with Gasteiger partial charge in [0.2, 0.25) is 0 Å². The third-order valence-corrected chi connectivity index (χ3v) is 3.20. The highest BCUT2D eigenvalue weighted by atomic mass is 35.5. The van der Waals surface area contributed by atoms with Crippen molar-refractivity contribution in [2.24, 2.45) is 5.92 Å². The first kappa shape index (κ1) is 18.7. The number of nitrogens with two attached hydrogens (primary N) is 1. The summed E-state index contributed by atoms with van der Waals surface area (Å²) in [4.78, 5) is 18.7. The summed E-state index contributed by atoms with van der Waals surface area (Å²) in [7, 11) is 0. The molecule has 20 heavy (non-hydrogen) atoms. The summed E-state index contributed by atoms with van der Waals surface area (Å²) in [5.41, 5.74) is 6.09. The lowest BCUT2D eigenvalue weighted by Crippen LogP contribution is -2.42. The van der Waals surface area contributed by atoms with Crippen molar-refractivity contribution in [1.29, 1.82) is 0 Å². The molecule has 0 aliphatic rings. The number of anilines is 1. The van der Waals surface area contributed by atoms with E-state index in [0.29, 0.717) is 17.4 Å². The van der Waals surface area contributed by atoms with Crippen molar-refractivity contribution in [2.45, 2.75) is 46.6 Å². The van der Waals surface area contributed by atoms with Gasteiger partial charge in [0.1, 0.15) is 11.5 Å². The molecule has 0 aliphatic heterocycles. The number of pyridine rings is 1. The quantitative estimate of drug-likeness (QED) is 0.876. The van der Waals surface area contributed by atoms with Gasteiger partial charge in [0.15, 0.2) is 0 Å². The number of halogens is 1. The normalized spacial score (nSPS) is 10.5. The van der Waals surface area contributed by atoms with Crippen molar-refractivity contribution in [1.82, 2.24) is 9.88 Å². The molecular weight excluding hydrogens is 274 g/mol. The number of carbonyl (C=O) groups is 1. The third kappa shape index (κ3) is 5.00. The highest BCUT2D eigenvalue weighted by Gasteiger charge is 2.24. The van der Waals surface area contributed by atoms with Crippen LogP contribution >= 0.6 is 12.4 Å². The highest BCUT2D eigenvalue weighted by Crippen LogP contribution is 2.15. The summed E-state index contributed by atoms with van der Waals surface area (Å²) in [5, 5.41) is 0. The van der Waals surface area contributed by atoms with Crippen LogP contribution in [-0.2, 0) is 0 Å². The smallest absolute Gasteiger partial charge is 0.272 e. The summed E-state index contributed by atoms with van der Waals surface area (Å²) in [6, 6.07) is 5.46. The largest absolute Gasteiger partial charge is 0.384 e. The van der Waals surface area contributed by atoms with Gasteiger partial charge in [-0.1, -0.05) is 33.8 Å².